The molecule has 5 heteroatoms. The molecule has 0 aliphatic carbocycles. The molecule has 1 atom stereocenters. The van der Waals surface area contributed by atoms with Crippen molar-refractivity contribution in [3.05, 3.63) is 59.7 Å². The summed E-state index contributed by atoms with van der Waals surface area (Å²) in [7, 11) is 1.64. The summed E-state index contributed by atoms with van der Waals surface area (Å²) in [6.07, 6.45) is 2.41. The Morgan fingerprint density at radius 1 is 1.04 bits per heavy atom. The smallest absolute Gasteiger partial charge is 0.261 e. The summed E-state index contributed by atoms with van der Waals surface area (Å²) in [4.78, 5) is 26.2. The fourth-order valence-corrected chi connectivity index (χ4v) is 3.41. The Morgan fingerprint density at radius 3 is 2.33 bits per heavy atom. The maximum absolute atomic E-state index is 12.7. The molecule has 0 radical (unpaired) electrons. The van der Waals surface area contributed by atoms with Crippen LogP contribution in [-0.4, -0.2) is 36.9 Å². The summed E-state index contributed by atoms with van der Waals surface area (Å²) < 4.78 is 10.8. The van der Waals surface area contributed by atoms with Crippen molar-refractivity contribution in [2.45, 2.75) is 32.2 Å². The minimum absolute atomic E-state index is 0.00622. The van der Waals surface area contributed by atoms with Gasteiger partial charge in [0.1, 0.15) is 11.5 Å². The molecule has 0 spiro atoms. The van der Waals surface area contributed by atoms with Crippen LogP contribution >= 0.6 is 0 Å². The minimum Gasteiger partial charge on any atom is -0.497 e. The number of nitrogens with zero attached hydrogens (tertiary/aromatic N) is 1. The van der Waals surface area contributed by atoms with Crippen LogP contribution in [0.3, 0.4) is 0 Å². The summed E-state index contributed by atoms with van der Waals surface area (Å²) in [5.41, 5.74) is 1.78. The second kappa shape index (κ2) is 8.71. The summed E-state index contributed by atoms with van der Waals surface area (Å²) in [6, 6.07) is 14.9. The number of Topliss-reactive ketones (excluding diaryl/α,β-unsaturated/α-hetero) is 1. The molecule has 3 rings (SSSR count). The Kier molecular flexibility index (Phi) is 6.12. The molecule has 142 valence electrons. The molecular weight excluding hydrogens is 342 g/mol. The monoisotopic (exact) mass is 367 g/mol. The number of hydrogen-bond donors (Lipinski definition) is 0. The third-order valence-electron chi connectivity index (χ3n) is 4.93. The molecule has 0 bridgehead atoms. The summed E-state index contributed by atoms with van der Waals surface area (Å²) in [6.45, 7) is 2.57. The molecule has 0 unspecified atom stereocenters. The van der Waals surface area contributed by atoms with Gasteiger partial charge in [-0.1, -0.05) is 19.1 Å². The molecule has 1 saturated heterocycles. The quantitative estimate of drug-likeness (QED) is 0.693. The molecule has 0 N–H and O–H groups in total. The van der Waals surface area contributed by atoms with Crippen molar-refractivity contribution in [3.8, 4) is 11.5 Å². The SMILES string of the molecule is CCC(=O)c1ccc(OCC(=O)N2CCC[C@@H]2c2ccc(OC)cc2)cc1. The Hall–Kier alpha value is -2.82. The summed E-state index contributed by atoms with van der Waals surface area (Å²) >= 11 is 0. The molecule has 1 amide bonds. The van der Waals surface area contributed by atoms with Crippen molar-refractivity contribution < 1.29 is 19.1 Å². The number of hydrogen-bond acceptors (Lipinski definition) is 4. The van der Waals surface area contributed by atoms with Crippen molar-refractivity contribution >= 4 is 11.7 Å². The van der Waals surface area contributed by atoms with Crippen LogP contribution in [0.15, 0.2) is 48.5 Å². The van der Waals surface area contributed by atoms with Crippen molar-refractivity contribution in [1.29, 1.82) is 0 Å². The van der Waals surface area contributed by atoms with E-state index >= 15 is 0 Å². The maximum atomic E-state index is 12.7. The number of likely N-dealkylation sites (tertiary alicyclic amines) is 1. The number of ether oxygens (including phenoxy) is 2. The van der Waals surface area contributed by atoms with Gasteiger partial charge in [0.15, 0.2) is 12.4 Å². The molecule has 1 aliphatic heterocycles. The van der Waals surface area contributed by atoms with E-state index in [2.05, 4.69) is 0 Å². The lowest BCUT2D eigenvalue weighted by atomic mass is 10.0. The van der Waals surface area contributed by atoms with Gasteiger partial charge in [0.05, 0.1) is 13.2 Å². The van der Waals surface area contributed by atoms with E-state index in [1.54, 1.807) is 31.4 Å². The average Bonchev–Trinajstić information content (AvgIpc) is 3.22. The van der Waals surface area contributed by atoms with Crippen LogP contribution in [0.1, 0.15) is 48.1 Å². The first-order chi connectivity index (χ1) is 13.1. The lowest BCUT2D eigenvalue weighted by molar-refractivity contribution is -0.134. The highest BCUT2D eigenvalue weighted by molar-refractivity contribution is 5.95. The fraction of sp³-hybridized carbons (Fsp3) is 0.364. The van der Waals surface area contributed by atoms with E-state index in [1.807, 2.05) is 36.1 Å². The lowest BCUT2D eigenvalue weighted by Gasteiger charge is -2.25. The van der Waals surface area contributed by atoms with Gasteiger partial charge in [-0.3, -0.25) is 9.59 Å². The summed E-state index contributed by atoms with van der Waals surface area (Å²) in [5.74, 6) is 1.47. The Balaban J connectivity index is 1.60. The molecule has 0 aromatic heterocycles. The Morgan fingerprint density at radius 2 is 1.70 bits per heavy atom. The van der Waals surface area contributed by atoms with Crippen LogP contribution in [0.4, 0.5) is 0 Å². The van der Waals surface area contributed by atoms with Gasteiger partial charge in [0, 0.05) is 18.5 Å². The predicted octanol–water partition coefficient (Wildman–Crippen LogP) is 4.03. The summed E-state index contributed by atoms with van der Waals surface area (Å²) in [5, 5.41) is 0. The normalized spacial score (nSPS) is 16.2. The number of carbonyl (C=O) groups is 2. The van der Waals surface area contributed by atoms with Crippen molar-refractivity contribution in [1.82, 2.24) is 4.90 Å². The standard InChI is InChI=1S/C22H25NO4/c1-3-21(24)17-8-12-19(13-9-17)27-15-22(25)23-14-4-5-20(23)16-6-10-18(26-2)11-7-16/h6-13,20H,3-5,14-15H2,1-2H3/t20-/m1/s1. The molecule has 2 aromatic rings. The van der Waals surface area contributed by atoms with Crippen LogP contribution in [-0.2, 0) is 4.79 Å². The van der Waals surface area contributed by atoms with Crippen LogP contribution in [0.5, 0.6) is 11.5 Å². The van der Waals surface area contributed by atoms with Crippen molar-refractivity contribution in [2.24, 2.45) is 0 Å². The van der Waals surface area contributed by atoms with Gasteiger partial charge in [-0.15, -0.1) is 0 Å². The molecular formula is C22H25NO4. The first kappa shape index (κ1) is 19.0. The average molecular weight is 367 g/mol. The van der Waals surface area contributed by atoms with E-state index in [-0.39, 0.29) is 24.3 Å². The maximum Gasteiger partial charge on any atom is 0.261 e. The zero-order chi connectivity index (χ0) is 19.2. The zero-order valence-electron chi connectivity index (χ0n) is 15.8. The van der Waals surface area contributed by atoms with Gasteiger partial charge in [-0.2, -0.15) is 0 Å². The lowest BCUT2D eigenvalue weighted by Crippen LogP contribution is -2.34. The second-order valence-electron chi connectivity index (χ2n) is 6.61. The largest absolute Gasteiger partial charge is 0.497 e. The number of ketones is 1. The highest BCUT2D eigenvalue weighted by Gasteiger charge is 2.30. The molecule has 0 saturated carbocycles. The van der Waals surface area contributed by atoms with Crippen LogP contribution in [0.25, 0.3) is 0 Å². The van der Waals surface area contributed by atoms with Crippen LogP contribution < -0.4 is 9.47 Å². The molecule has 1 fully saturated rings. The number of methoxy groups -OCH3 is 1. The second-order valence-corrected chi connectivity index (χ2v) is 6.61. The first-order valence-electron chi connectivity index (χ1n) is 9.32. The van der Waals surface area contributed by atoms with Gasteiger partial charge in [-0.05, 0) is 54.8 Å². The fourth-order valence-electron chi connectivity index (χ4n) is 3.41. The molecule has 27 heavy (non-hydrogen) atoms. The third kappa shape index (κ3) is 4.48. The van der Waals surface area contributed by atoms with Crippen LogP contribution in [0.2, 0.25) is 0 Å². The van der Waals surface area contributed by atoms with E-state index in [0.717, 1.165) is 30.7 Å². The highest BCUT2D eigenvalue weighted by Crippen LogP contribution is 2.32. The van der Waals surface area contributed by atoms with E-state index in [4.69, 9.17) is 9.47 Å². The van der Waals surface area contributed by atoms with Crippen LogP contribution in [0, 0.1) is 0 Å². The third-order valence-corrected chi connectivity index (χ3v) is 4.93. The van der Waals surface area contributed by atoms with E-state index < -0.39 is 0 Å². The number of benzene rings is 2. The van der Waals surface area contributed by atoms with Gasteiger partial charge in [-0.25, -0.2) is 0 Å². The molecule has 2 aromatic carbocycles. The van der Waals surface area contributed by atoms with Crippen molar-refractivity contribution in [2.75, 3.05) is 20.3 Å². The first-order valence-corrected chi connectivity index (χ1v) is 9.32. The predicted molar refractivity (Wildman–Crippen MR) is 103 cm³/mol. The van der Waals surface area contributed by atoms with Gasteiger partial charge in [0.2, 0.25) is 0 Å². The van der Waals surface area contributed by atoms with Gasteiger partial charge in [0.25, 0.3) is 5.91 Å². The van der Waals surface area contributed by atoms with E-state index in [9.17, 15) is 9.59 Å². The topological polar surface area (TPSA) is 55.8 Å². The van der Waals surface area contributed by atoms with E-state index in [1.165, 1.54) is 0 Å². The minimum atomic E-state index is -0.0259. The number of carbonyl (C=O) groups excluding carboxylic acids is 2. The zero-order valence-corrected chi connectivity index (χ0v) is 15.8. The van der Waals surface area contributed by atoms with Gasteiger partial charge < -0.3 is 14.4 Å². The van der Waals surface area contributed by atoms with Gasteiger partial charge >= 0.3 is 0 Å². The Labute approximate surface area is 159 Å². The number of rotatable bonds is 7. The molecule has 1 aliphatic rings. The molecule has 5 nitrogen and oxygen atoms in total. The molecule has 1 heterocycles. The number of amides is 1. The Bertz CT molecular complexity index is 783. The van der Waals surface area contributed by atoms with E-state index in [0.29, 0.717) is 17.7 Å². The van der Waals surface area contributed by atoms with Crippen molar-refractivity contribution in [3.63, 3.8) is 0 Å². The highest BCUT2D eigenvalue weighted by atomic mass is 16.5.